The molecule has 20 heteroatoms. The number of rotatable bonds is 4. The molecule has 0 saturated carbocycles. The summed E-state index contributed by atoms with van der Waals surface area (Å²) >= 11 is 11.5. The summed E-state index contributed by atoms with van der Waals surface area (Å²) in [4.78, 5) is 73.9. The second-order valence-corrected chi connectivity index (χ2v) is 15.1. The van der Waals surface area contributed by atoms with Gasteiger partial charge in [-0.25, -0.2) is 14.0 Å². The van der Waals surface area contributed by atoms with Gasteiger partial charge in [-0.15, -0.1) is 0 Å². The summed E-state index contributed by atoms with van der Waals surface area (Å²) in [7, 11) is 1.84. The van der Waals surface area contributed by atoms with Crippen LogP contribution in [0.25, 0.3) is 0 Å². The van der Waals surface area contributed by atoms with Crippen molar-refractivity contribution in [1.82, 2.24) is 20.0 Å². The Labute approximate surface area is 403 Å². The SMILES string of the molecule is C.CC(C)(C)OC(=O)N1CCN(c2cccc(Cl)c2C=O)CC1.CC(C)(C)OC(=O)N1CCNCC1.CN1CCCC1=O.O=CO[O-].O=Cc1c(F)cccc1Cl.[H-].[Na+].[Na+]. The van der Waals surface area contributed by atoms with Crippen molar-refractivity contribution in [3.8, 4) is 0 Å². The molecule has 2 aromatic rings. The van der Waals surface area contributed by atoms with E-state index in [2.05, 4.69) is 15.1 Å². The molecular formula is C39H58Cl2FN5Na2O10. The fourth-order valence-corrected chi connectivity index (χ4v) is 5.38. The minimum absolute atomic E-state index is 0. The zero-order valence-electron chi connectivity index (χ0n) is 36.0. The van der Waals surface area contributed by atoms with E-state index < -0.39 is 11.4 Å². The first kappa shape index (κ1) is 60.8. The Hall–Kier alpha value is -2.51. The number of hydrogen-bond acceptors (Lipinski definition) is 12. The van der Waals surface area contributed by atoms with Crippen LogP contribution in [0.3, 0.4) is 0 Å². The Balaban J connectivity index is -0.000000355. The minimum atomic E-state index is -0.581. The van der Waals surface area contributed by atoms with Crippen molar-refractivity contribution in [2.24, 2.45) is 0 Å². The smallest absolute Gasteiger partial charge is 1.00 e. The van der Waals surface area contributed by atoms with Crippen molar-refractivity contribution >= 4 is 66.0 Å². The first-order chi connectivity index (χ1) is 26.3. The number of amides is 3. The predicted molar refractivity (Wildman–Crippen MR) is 216 cm³/mol. The number of aldehydes is 2. The van der Waals surface area contributed by atoms with E-state index in [0.717, 1.165) is 57.5 Å². The van der Waals surface area contributed by atoms with E-state index in [9.17, 15) is 28.4 Å². The Kier molecular flexibility index (Phi) is 32.3. The van der Waals surface area contributed by atoms with Gasteiger partial charge in [-0.3, -0.25) is 19.2 Å². The molecule has 3 fully saturated rings. The summed E-state index contributed by atoms with van der Waals surface area (Å²) in [5, 5.41) is 12.2. The Bertz CT molecular complexity index is 1580. The number of piperazine rings is 2. The number of benzene rings is 2. The molecule has 59 heavy (non-hydrogen) atoms. The van der Waals surface area contributed by atoms with E-state index in [1.54, 1.807) is 20.8 Å². The predicted octanol–water partition coefficient (Wildman–Crippen LogP) is -0.242. The normalized spacial score (nSPS) is 14.4. The van der Waals surface area contributed by atoms with E-state index in [0.29, 0.717) is 49.0 Å². The molecule has 0 unspecified atom stereocenters. The van der Waals surface area contributed by atoms with Crippen molar-refractivity contribution in [2.75, 3.05) is 70.9 Å². The number of carbonyl (C=O) groups excluding carboxylic acids is 6. The molecule has 2 aromatic carbocycles. The third-order valence-electron chi connectivity index (χ3n) is 7.66. The van der Waals surface area contributed by atoms with Gasteiger partial charge < -0.3 is 46.0 Å². The van der Waals surface area contributed by atoms with Crippen LogP contribution in [0.15, 0.2) is 36.4 Å². The molecule has 3 heterocycles. The molecule has 322 valence electrons. The average molecular weight is 893 g/mol. The topological polar surface area (TPSA) is 178 Å². The van der Waals surface area contributed by atoms with Gasteiger partial charge in [0, 0.05) is 78.1 Å². The molecule has 3 aliphatic rings. The van der Waals surface area contributed by atoms with Gasteiger partial charge in [-0.05, 0) is 72.2 Å². The first-order valence-corrected chi connectivity index (χ1v) is 18.5. The monoisotopic (exact) mass is 891 g/mol. The molecule has 5 rings (SSSR count). The number of halogens is 3. The van der Waals surface area contributed by atoms with Crippen LogP contribution in [0.5, 0.6) is 0 Å². The molecule has 15 nitrogen and oxygen atoms in total. The van der Waals surface area contributed by atoms with Gasteiger partial charge in [0.15, 0.2) is 12.6 Å². The molecule has 0 bridgehead atoms. The largest absolute Gasteiger partial charge is 1.00 e. The molecule has 0 spiro atoms. The maximum atomic E-state index is 12.5. The van der Waals surface area contributed by atoms with Crippen molar-refractivity contribution < 1.29 is 113 Å². The van der Waals surface area contributed by atoms with Gasteiger partial charge in [0.25, 0.3) is 6.47 Å². The molecule has 0 atom stereocenters. The van der Waals surface area contributed by atoms with E-state index >= 15 is 0 Å². The summed E-state index contributed by atoms with van der Waals surface area (Å²) in [6, 6.07) is 9.50. The fourth-order valence-electron chi connectivity index (χ4n) is 4.95. The Morgan fingerprint density at radius 2 is 1.22 bits per heavy atom. The van der Waals surface area contributed by atoms with Crippen LogP contribution < -0.4 is 74.6 Å². The zero-order chi connectivity index (χ0) is 42.5. The number of anilines is 1. The summed E-state index contributed by atoms with van der Waals surface area (Å²) < 4.78 is 23.1. The molecule has 1 N–H and O–H groups in total. The van der Waals surface area contributed by atoms with Crippen molar-refractivity contribution in [1.29, 1.82) is 0 Å². The molecule has 3 saturated heterocycles. The van der Waals surface area contributed by atoms with Crippen LogP contribution in [-0.4, -0.2) is 129 Å². The standard InChI is InChI=1S/C16H21ClN2O3.C9H18N2O2.C7H4ClFO.C5H9NO.CH2O3.CH4.2Na.H/c1-16(2,3)22-15(21)19-9-7-18(8-10-19)14-6-4-5-13(17)12(14)11-20;1-9(2,3)13-8(12)11-6-4-10-5-7-11;8-6-2-1-3-7(9)5(6)4-10;1-6-4-2-3-5(6)7;2-1-4-3;;;;/h4-6,11H,7-10H2,1-3H3;10H,4-7H2,1-3H3;1-4H;2-4H2,1H3;1,3H;1H4;;;/q;;;;;;2*+1;-1/p-1. The summed E-state index contributed by atoms with van der Waals surface area (Å²) in [6.07, 6.45) is 2.49. The Morgan fingerprint density at radius 3 is 1.56 bits per heavy atom. The van der Waals surface area contributed by atoms with Gasteiger partial charge in [0.2, 0.25) is 5.91 Å². The molecule has 0 aromatic heterocycles. The maximum Gasteiger partial charge on any atom is 1.00 e. The first-order valence-electron chi connectivity index (χ1n) is 17.8. The minimum Gasteiger partial charge on any atom is -1.00 e. The second-order valence-electron chi connectivity index (χ2n) is 14.3. The molecule has 0 radical (unpaired) electrons. The van der Waals surface area contributed by atoms with Gasteiger partial charge >= 0.3 is 71.3 Å². The summed E-state index contributed by atoms with van der Waals surface area (Å²) in [5.41, 5.74) is 0.346. The van der Waals surface area contributed by atoms with Crippen molar-refractivity contribution in [3.05, 3.63) is 63.4 Å². The van der Waals surface area contributed by atoms with E-state index in [1.165, 1.54) is 18.2 Å². The Morgan fingerprint density at radius 1 is 0.780 bits per heavy atom. The van der Waals surface area contributed by atoms with Crippen molar-refractivity contribution in [2.45, 2.75) is 73.0 Å². The maximum absolute atomic E-state index is 12.5. The third-order valence-corrected chi connectivity index (χ3v) is 8.31. The van der Waals surface area contributed by atoms with Crippen LogP contribution in [0.4, 0.5) is 19.7 Å². The molecule has 3 amide bonds. The van der Waals surface area contributed by atoms with Gasteiger partial charge in [-0.2, -0.15) is 0 Å². The van der Waals surface area contributed by atoms with Crippen LogP contribution in [-0.2, 0) is 24.0 Å². The number of likely N-dealkylation sites (tertiary alicyclic amines) is 1. The summed E-state index contributed by atoms with van der Waals surface area (Å²) in [5.74, 6) is -0.289. The van der Waals surface area contributed by atoms with Gasteiger partial charge in [-0.1, -0.05) is 42.8 Å². The quantitative estimate of drug-likeness (QED) is 0.185. The summed E-state index contributed by atoms with van der Waals surface area (Å²) in [6.45, 7) is 17.6. The number of ether oxygens (including phenoxy) is 2. The van der Waals surface area contributed by atoms with E-state index in [-0.39, 0.29) is 103 Å². The van der Waals surface area contributed by atoms with Crippen LogP contribution in [0.2, 0.25) is 10.0 Å². The molecule has 0 aliphatic carbocycles. The van der Waals surface area contributed by atoms with Crippen LogP contribution >= 0.6 is 23.2 Å². The van der Waals surface area contributed by atoms with Gasteiger partial charge in [0.05, 0.1) is 21.2 Å². The number of nitrogens with zero attached hydrogens (tertiary/aromatic N) is 4. The average Bonchev–Trinajstić information content (AvgIpc) is 3.52. The number of carbonyl (C=O) groups is 6. The number of nitrogens with one attached hydrogen (secondary N) is 1. The fraction of sp³-hybridized carbons (Fsp3) is 0.538. The van der Waals surface area contributed by atoms with Crippen LogP contribution in [0.1, 0.15) is 84.0 Å². The van der Waals surface area contributed by atoms with Gasteiger partial charge in [0.1, 0.15) is 17.0 Å². The second kappa shape index (κ2) is 31.4. The number of hydrogen-bond donors (Lipinski definition) is 1. The van der Waals surface area contributed by atoms with Crippen LogP contribution in [0, 0.1) is 5.82 Å². The molecule has 3 aliphatic heterocycles. The molecular weight excluding hydrogens is 834 g/mol. The third kappa shape index (κ3) is 24.5. The van der Waals surface area contributed by atoms with E-state index in [4.69, 9.17) is 42.7 Å². The zero-order valence-corrected chi connectivity index (χ0v) is 40.5. The van der Waals surface area contributed by atoms with Crippen molar-refractivity contribution in [3.63, 3.8) is 0 Å². The van der Waals surface area contributed by atoms with E-state index in [1.807, 2.05) is 60.7 Å².